The normalized spacial score (nSPS) is 11.1. The van der Waals surface area contributed by atoms with Crippen molar-refractivity contribution in [3.05, 3.63) is 66.0 Å². The number of hydrogen-bond donors (Lipinski definition) is 1. The summed E-state index contributed by atoms with van der Waals surface area (Å²) in [6.45, 7) is 1.81. The molecule has 2 aromatic rings. The quantitative estimate of drug-likeness (QED) is 0.503. The maximum atomic E-state index is 12.0. The number of carbonyl (C=O) groups excluding carboxylic acids is 1. The molecule has 2 rings (SSSR count). The Labute approximate surface area is 140 Å². The second-order valence-electron chi connectivity index (χ2n) is 4.90. The molecule has 5 nitrogen and oxygen atoms in total. The lowest BCUT2D eigenvalue weighted by atomic mass is 10.2. The van der Waals surface area contributed by atoms with Crippen molar-refractivity contribution in [1.29, 1.82) is 0 Å². The van der Waals surface area contributed by atoms with Gasteiger partial charge in [0.2, 0.25) is 0 Å². The number of hydrogen-bond acceptors (Lipinski definition) is 4. The summed E-state index contributed by atoms with van der Waals surface area (Å²) in [6, 6.07) is 15.5. The fourth-order valence-corrected chi connectivity index (χ4v) is 2.60. The number of aryl methyl sites for hydroxylation is 1. The topological polar surface area (TPSA) is 57.6 Å². The largest absolute Gasteiger partial charge is 0.347 e. The van der Waals surface area contributed by atoms with Crippen molar-refractivity contribution in [2.75, 3.05) is 12.8 Å². The van der Waals surface area contributed by atoms with E-state index in [1.54, 1.807) is 17.5 Å². The van der Waals surface area contributed by atoms with Crippen LogP contribution in [0.15, 0.2) is 59.8 Å². The number of rotatable bonds is 6. The van der Waals surface area contributed by atoms with E-state index in [4.69, 9.17) is 0 Å². The van der Waals surface area contributed by atoms with Crippen molar-refractivity contribution in [2.45, 2.75) is 13.3 Å². The van der Waals surface area contributed by atoms with Crippen LogP contribution in [0.4, 0.5) is 4.79 Å². The van der Waals surface area contributed by atoms with Crippen LogP contribution >= 0.6 is 11.9 Å². The molecule has 23 heavy (non-hydrogen) atoms. The van der Waals surface area contributed by atoms with Gasteiger partial charge in [0, 0.05) is 19.0 Å². The Kier molecular flexibility index (Phi) is 6.62. The number of benzene rings is 1. The average molecular weight is 328 g/mol. The van der Waals surface area contributed by atoms with Gasteiger partial charge in [-0.15, -0.1) is 0 Å². The van der Waals surface area contributed by atoms with Gasteiger partial charge in [-0.2, -0.15) is 5.10 Å². The fraction of sp³-hybridized carbons (Fsp3) is 0.235. The Bertz CT molecular complexity index is 646. The molecule has 0 aliphatic heterocycles. The van der Waals surface area contributed by atoms with Crippen molar-refractivity contribution in [2.24, 2.45) is 5.10 Å². The zero-order valence-corrected chi connectivity index (χ0v) is 14.1. The van der Waals surface area contributed by atoms with E-state index in [1.165, 1.54) is 17.5 Å². The number of urea groups is 1. The summed E-state index contributed by atoms with van der Waals surface area (Å²) in [5, 5.41) is 4.08. The van der Waals surface area contributed by atoms with E-state index in [1.807, 2.05) is 43.3 Å². The van der Waals surface area contributed by atoms with Gasteiger partial charge < -0.3 is 0 Å². The van der Waals surface area contributed by atoms with Crippen molar-refractivity contribution < 1.29 is 4.79 Å². The number of amides is 2. The predicted molar refractivity (Wildman–Crippen MR) is 95.3 cm³/mol. The standard InChI is InChI=1S/C17H20N4OS/c1-14(16-10-6-7-12-18-16)19-20-17(22)21(2)23-13-11-15-8-4-3-5-9-15/h3-10,12H,11,13H2,1-2H3,(H,20,22)/b19-14-. The smallest absolute Gasteiger partial charge is 0.270 e. The molecule has 0 unspecified atom stereocenters. The van der Waals surface area contributed by atoms with Crippen LogP contribution < -0.4 is 5.43 Å². The molecule has 0 radical (unpaired) electrons. The number of hydrazone groups is 1. The number of aromatic nitrogens is 1. The van der Waals surface area contributed by atoms with E-state index in [-0.39, 0.29) is 6.03 Å². The van der Waals surface area contributed by atoms with Gasteiger partial charge >= 0.3 is 6.03 Å². The van der Waals surface area contributed by atoms with Crippen LogP contribution in [-0.2, 0) is 6.42 Å². The van der Waals surface area contributed by atoms with Crippen molar-refractivity contribution in [3.8, 4) is 0 Å². The van der Waals surface area contributed by atoms with Gasteiger partial charge in [-0.25, -0.2) is 10.2 Å². The minimum atomic E-state index is -0.252. The highest BCUT2D eigenvalue weighted by Gasteiger charge is 2.08. The molecule has 120 valence electrons. The lowest BCUT2D eigenvalue weighted by Crippen LogP contribution is -2.30. The number of carbonyl (C=O) groups is 1. The molecule has 1 heterocycles. The van der Waals surface area contributed by atoms with Crippen molar-refractivity contribution >= 4 is 23.7 Å². The van der Waals surface area contributed by atoms with E-state index in [0.29, 0.717) is 5.71 Å². The highest BCUT2D eigenvalue weighted by molar-refractivity contribution is 7.97. The number of pyridine rings is 1. The molecule has 0 bridgehead atoms. The monoisotopic (exact) mass is 328 g/mol. The Balaban J connectivity index is 1.76. The second kappa shape index (κ2) is 8.95. The minimum absolute atomic E-state index is 0.252. The lowest BCUT2D eigenvalue weighted by molar-refractivity contribution is 0.231. The maximum absolute atomic E-state index is 12.0. The molecule has 0 aliphatic carbocycles. The summed E-state index contributed by atoms with van der Waals surface area (Å²) >= 11 is 1.46. The molecule has 0 saturated carbocycles. The first-order valence-electron chi connectivity index (χ1n) is 7.33. The summed E-state index contributed by atoms with van der Waals surface area (Å²) in [5.74, 6) is 0.830. The molecule has 1 aromatic heterocycles. The predicted octanol–water partition coefficient (Wildman–Crippen LogP) is 3.34. The van der Waals surface area contributed by atoms with Crippen molar-refractivity contribution in [3.63, 3.8) is 0 Å². The summed E-state index contributed by atoms with van der Waals surface area (Å²) in [4.78, 5) is 16.2. The Morgan fingerprint density at radius 3 is 2.65 bits per heavy atom. The Morgan fingerprint density at radius 2 is 1.96 bits per heavy atom. The fourth-order valence-electron chi connectivity index (χ4n) is 1.84. The van der Waals surface area contributed by atoms with Crippen LogP contribution in [0.1, 0.15) is 18.2 Å². The van der Waals surface area contributed by atoms with E-state index in [2.05, 4.69) is 27.6 Å². The van der Waals surface area contributed by atoms with Gasteiger partial charge in [0.05, 0.1) is 11.4 Å². The zero-order valence-electron chi connectivity index (χ0n) is 13.3. The van der Waals surface area contributed by atoms with Crippen LogP contribution in [0.2, 0.25) is 0 Å². The van der Waals surface area contributed by atoms with Crippen molar-refractivity contribution in [1.82, 2.24) is 14.7 Å². The third kappa shape index (κ3) is 5.75. The van der Waals surface area contributed by atoms with Crippen LogP contribution in [0.3, 0.4) is 0 Å². The molecular formula is C17H20N4OS. The van der Waals surface area contributed by atoms with E-state index < -0.39 is 0 Å². The summed E-state index contributed by atoms with van der Waals surface area (Å²) in [7, 11) is 1.73. The Hall–Kier alpha value is -2.34. The maximum Gasteiger partial charge on any atom is 0.347 e. The molecule has 0 atom stereocenters. The molecule has 0 aliphatic rings. The minimum Gasteiger partial charge on any atom is -0.270 e. The molecule has 0 saturated heterocycles. The number of nitrogens with one attached hydrogen (secondary N) is 1. The molecule has 0 fully saturated rings. The third-order valence-electron chi connectivity index (χ3n) is 3.16. The zero-order chi connectivity index (χ0) is 16.5. The second-order valence-corrected chi connectivity index (χ2v) is 6.11. The van der Waals surface area contributed by atoms with E-state index >= 15 is 0 Å². The van der Waals surface area contributed by atoms with Crippen LogP contribution in [0.5, 0.6) is 0 Å². The molecule has 1 aromatic carbocycles. The first kappa shape index (κ1) is 17.0. The molecule has 6 heteroatoms. The third-order valence-corrected chi connectivity index (χ3v) is 4.10. The lowest BCUT2D eigenvalue weighted by Gasteiger charge is -2.15. The van der Waals surface area contributed by atoms with Crippen LogP contribution in [0, 0.1) is 0 Å². The van der Waals surface area contributed by atoms with Gasteiger partial charge in [-0.05, 0) is 43.0 Å². The van der Waals surface area contributed by atoms with Crippen LogP contribution in [0.25, 0.3) is 0 Å². The molecular weight excluding hydrogens is 308 g/mol. The van der Waals surface area contributed by atoms with E-state index in [0.717, 1.165) is 17.9 Å². The average Bonchev–Trinajstić information content (AvgIpc) is 2.61. The molecule has 0 spiro atoms. The van der Waals surface area contributed by atoms with Gasteiger partial charge in [-0.3, -0.25) is 9.29 Å². The highest BCUT2D eigenvalue weighted by atomic mass is 32.2. The first-order chi connectivity index (χ1) is 11.2. The SMILES string of the molecule is C/C(=N/NC(=O)N(C)SCCc1ccccc1)c1ccccn1. The van der Waals surface area contributed by atoms with E-state index in [9.17, 15) is 4.79 Å². The Morgan fingerprint density at radius 1 is 1.22 bits per heavy atom. The molecule has 1 N–H and O–H groups in total. The van der Waals surface area contributed by atoms with Gasteiger partial charge in [0.1, 0.15) is 0 Å². The highest BCUT2D eigenvalue weighted by Crippen LogP contribution is 2.10. The number of nitrogens with zero attached hydrogens (tertiary/aromatic N) is 3. The van der Waals surface area contributed by atoms with Crippen LogP contribution in [-0.4, -0.2) is 33.8 Å². The van der Waals surface area contributed by atoms with Gasteiger partial charge in [0.25, 0.3) is 0 Å². The van der Waals surface area contributed by atoms with Gasteiger partial charge in [0.15, 0.2) is 0 Å². The molecule has 2 amide bonds. The first-order valence-corrected chi connectivity index (χ1v) is 8.27. The van der Waals surface area contributed by atoms with Gasteiger partial charge in [-0.1, -0.05) is 36.4 Å². The summed E-state index contributed by atoms with van der Waals surface area (Å²) in [6.07, 6.45) is 2.61. The summed E-state index contributed by atoms with van der Waals surface area (Å²) < 4.78 is 1.55. The summed E-state index contributed by atoms with van der Waals surface area (Å²) in [5.41, 5.74) is 5.22.